The zero-order valence-electron chi connectivity index (χ0n) is 11.7. The molecule has 0 bridgehead atoms. The maximum Gasteiger partial charge on any atom is 0.433 e. The molecular weight excluding hydrogens is 309 g/mol. The molecule has 1 fully saturated rings. The first-order valence-corrected chi connectivity index (χ1v) is 6.97. The van der Waals surface area contributed by atoms with E-state index >= 15 is 0 Å². The van der Waals surface area contributed by atoms with Crippen LogP contribution in [-0.2, 0) is 6.18 Å². The quantitative estimate of drug-likeness (QED) is 0.783. The zero-order chi connectivity index (χ0) is 16.0. The van der Waals surface area contributed by atoms with Gasteiger partial charge in [-0.15, -0.1) is 0 Å². The first kappa shape index (κ1) is 14.1. The summed E-state index contributed by atoms with van der Waals surface area (Å²) in [6.45, 7) is 1.55. The fraction of sp³-hybridized carbons (Fsp3) is 0.286. The molecular formula is C14H11F3N6. The Morgan fingerprint density at radius 2 is 1.87 bits per heavy atom. The van der Waals surface area contributed by atoms with Gasteiger partial charge in [0.2, 0.25) is 0 Å². The van der Waals surface area contributed by atoms with Crippen LogP contribution < -0.4 is 5.32 Å². The van der Waals surface area contributed by atoms with Gasteiger partial charge in [0.1, 0.15) is 16.9 Å². The first-order valence-electron chi connectivity index (χ1n) is 6.97. The summed E-state index contributed by atoms with van der Waals surface area (Å²) in [5.41, 5.74) is 1.21. The van der Waals surface area contributed by atoms with E-state index in [-0.39, 0.29) is 6.04 Å². The van der Waals surface area contributed by atoms with Crippen LogP contribution in [0.15, 0.2) is 30.7 Å². The van der Waals surface area contributed by atoms with Crippen molar-refractivity contribution in [3.8, 4) is 11.3 Å². The molecule has 3 aromatic heterocycles. The van der Waals surface area contributed by atoms with E-state index < -0.39 is 11.9 Å². The van der Waals surface area contributed by atoms with Gasteiger partial charge in [-0.2, -0.15) is 18.3 Å². The van der Waals surface area contributed by atoms with Gasteiger partial charge >= 0.3 is 6.18 Å². The fourth-order valence-electron chi connectivity index (χ4n) is 2.46. The van der Waals surface area contributed by atoms with Crippen molar-refractivity contribution in [1.82, 2.24) is 30.0 Å². The Morgan fingerprint density at radius 3 is 2.48 bits per heavy atom. The normalized spacial score (nSPS) is 15.8. The molecule has 1 N–H and O–H groups in total. The Bertz CT molecular complexity index is 851. The molecule has 0 saturated carbocycles. The average Bonchev–Trinajstić information content (AvgIpc) is 2.85. The molecule has 6 nitrogen and oxygen atoms in total. The summed E-state index contributed by atoms with van der Waals surface area (Å²) in [4.78, 5) is 12.1. The Balaban J connectivity index is 1.82. The molecule has 0 radical (unpaired) electrons. The molecule has 0 unspecified atom stereocenters. The van der Waals surface area contributed by atoms with Crippen LogP contribution in [0, 0.1) is 0 Å². The van der Waals surface area contributed by atoms with Gasteiger partial charge in [-0.25, -0.2) is 14.6 Å². The van der Waals surface area contributed by atoms with Crippen molar-refractivity contribution in [3.63, 3.8) is 0 Å². The number of pyridine rings is 1. The lowest BCUT2D eigenvalue weighted by molar-refractivity contribution is -0.141. The molecule has 0 amide bonds. The minimum absolute atomic E-state index is 0.172. The second kappa shape index (κ2) is 4.98. The van der Waals surface area contributed by atoms with Crippen molar-refractivity contribution in [2.24, 2.45) is 0 Å². The lowest BCUT2D eigenvalue weighted by Crippen LogP contribution is -2.43. The van der Waals surface area contributed by atoms with Crippen molar-refractivity contribution in [2.75, 3.05) is 13.1 Å². The van der Waals surface area contributed by atoms with E-state index in [0.717, 1.165) is 19.2 Å². The smallest absolute Gasteiger partial charge is 0.312 e. The summed E-state index contributed by atoms with van der Waals surface area (Å²) < 4.78 is 39.7. The standard InChI is InChI=1S/C14H11F3N6/c15-14(16,17)10-2-1-8(5-21-10)11-12-13(20-4-3-19-12)23(22-11)9-6-18-7-9/h1-5,9,18H,6-7H2. The fourth-order valence-corrected chi connectivity index (χ4v) is 2.46. The SMILES string of the molecule is FC(F)(F)c1ccc(-c2nn(C3CNC3)c3nccnc23)cn1. The summed E-state index contributed by atoms with van der Waals surface area (Å²) in [5, 5.41) is 7.65. The molecule has 118 valence electrons. The van der Waals surface area contributed by atoms with Crippen LogP contribution in [0.25, 0.3) is 22.4 Å². The number of alkyl halides is 3. The minimum atomic E-state index is -4.46. The Hall–Kier alpha value is -2.55. The highest BCUT2D eigenvalue weighted by Crippen LogP contribution is 2.31. The van der Waals surface area contributed by atoms with E-state index in [0.29, 0.717) is 22.4 Å². The monoisotopic (exact) mass is 320 g/mol. The number of nitrogens with zero attached hydrogens (tertiary/aromatic N) is 5. The van der Waals surface area contributed by atoms with Crippen molar-refractivity contribution in [3.05, 3.63) is 36.4 Å². The van der Waals surface area contributed by atoms with Crippen LogP contribution >= 0.6 is 0 Å². The maximum atomic E-state index is 12.6. The molecule has 0 atom stereocenters. The number of aromatic nitrogens is 5. The topological polar surface area (TPSA) is 68.5 Å². The predicted molar refractivity (Wildman–Crippen MR) is 75.5 cm³/mol. The molecule has 0 aromatic carbocycles. The molecule has 4 heterocycles. The molecule has 1 saturated heterocycles. The number of nitrogens with one attached hydrogen (secondary N) is 1. The summed E-state index contributed by atoms with van der Waals surface area (Å²) in [5.74, 6) is 0. The largest absolute Gasteiger partial charge is 0.433 e. The van der Waals surface area contributed by atoms with Crippen LogP contribution in [0.2, 0.25) is 0 Å². The molecule has 9 heteroatoms. The summed E-state index contributed by atoms with van der Waals surface area (Å²) in [7, 11) is 0. The lowest BCUT2D eigenvalue weighted by atomic mass is 10.2. The Morgan fingerprint density at radius 1 is 1.09 bits per heavy atom. The van der Waals surface area contributed by atoms with Gasteiger partial charge in [0.25, 0.3) is 0 Å². The maximum absolute atomic E-state index is 12.6. The number of halogens is 3. The van der Waals surface area contributed by atoms with E-state index in [4.69, 9.17) is 0 Å². The van der Waals surface area contributed by atoms with Gasteiger partial charge in [0.15, 0.2) is 5.65 Å². The van der Waals surface area contributed by atoms with E-state index in [1.807, 2.05) is 0 Å². The highest BCUT2D eigenvalue weighted by Gasteiger charge is 2.32. The third kappa shape index (κ3) is 2.33. The second-order valence-electron chi connectivity index (χ2n) is 5.26. The van der Waals surface area contributed by atoms with E-state index in [1.54, 1.807) is 10.9 Å². The third-order valence-electron chi connectivity index (χ3n) is 3.76. The minimum Gasteiger partial charge on any atom is -0.312 e. The number of fused-ring (bicyclic) bond motifs is 1. The molecule has 4 rings (SSSR count). The number of rotatable bonds is 2. The van der Waals surface area contributed by atoms with Crippen molar-refractivity contribution >= 4 is 11.2 Å². The molecule has 1 aliphatic rings. The van der Waals surface area contributed by atoms with Gasteiger partial charge in [0, 0.05) is 37.2 Å². The van der Waals surface area contributed by atoms with Crippen molar-refractivity contribution < 1.29 is 13.2 Å². The van der Waals surface area contributed by atoms with Crippen LogP contribution in [0.1, 0.15) is 11.7 Å². The number of hydrogen-bond donors (Lipinski definition) is 1. The van der Waals surface area contributed by atoms with E-state index in [9.17, 15) is 13.2 Å². The summed E-state index contributed by atoms with van der Waals surface area (Å²) >= 11 is 0. The molecule has 0 spiro atoms. The van der Waals surface area contributed by atoms with Crippen LogP contribution in [0.5, 0.6) is 0 Å². The molecule has 1 aliphatic heterocycles. The summed E-state index contributed by atoms with van der Waals surface area (Å²) in [6, 6.07) is 2.47. The van der Waals surface area contributed by atoms with Gasteiger partial charge in [-0.1, -0.05) is 0 Å². The summed E-state index contributed by atoms with van der Waals surface area (Å²) in [6.07, 6.45) is -0.185. The lowest BCUT2D eigenvalue weighted by Gasteiger charge is -2.27. The van der Waals surface area contributed by atoms with Crippen molar-refractivity contribution in [2.45, 2.75) is 12.2 Å². The van der Waals surface area contributed by atoms with Gasteiger partial charge in [-0.3, -0.25) is 4.98 Å². The Labute approximate surface area is 128 Å². The average molecular weight is 320 g/mol. The van der Waals surface area contributed by atoms with E-state index in [2.05, 4.69) is 25.4 Å². The second-order valence-corrected chi connectivity index (χ2v) is 5.26. The highest BCUT2D eigenvalue weighted by molar-refractivity contribution is 5.87. The number of hydrogen-bond acceptors (Lipinski definition) is 5. The van der Waals surface area contributed by atoms with E-state index in [1.165, 1.54) is 18.5 Å². The van der Waals surface area contributed by atoms with Crippen molar-refractivity contribution in [1.29, 1.82) is 0 Å². The molecule has 3 aromatic rings. The molecule has 23 heavy (non-hydrogen) atoms. The zero-order valence-corrected chi connectivity index (χ0v) is 11.7. The third-order valence-corrected chi connectivity index (χ3v) is 3.76. The Kier molecular flexibility index (Phi) is 3.05. The van der Waals surface area contributed by atoms with Crippen LogP contribution in [0.4, 0.5) is 13.2 Å². The van der Waals surface area contributed by atoms with Crippen LogP contribution in [-0.4, -0.2) is 37.8 Å². The highest BCUT2D eigenvalue weighted by atomic mass is 19.4. The van der Waals surface area contributed by atoms with Gasteiger partial charge in [-0.05, 0) is 12.1 Å². The van der Waals surface area contributed by atoms with Crippen LogP contribution in [0.3, 0.4) is 0 Å². The molecule has 0 aliphatic carbocycles. The first-order chi connectivity index (χ1) is 11.0. The van der Waals surface area contributed by atoms with Gasteiger partial charge < -0.3 is 5.32 Å². The predicted octanol–water partition coefficient (Wildman–Crippen LogP) is 2.05. The van der Waals surface area contributed by atoms with Gasteiger partial charge in [0.05, 0.1) is 6.04 Å².